The normalized spacial score (nSPS) is 16.1. The Morgan fingerprint density at radius 3 is 2.46 bits per heavy atom. The third-order valence-corrected chi connectivity index (χ3v) is 7.97. The van der Waals surface area contributed by atoms with Gasteiger partial charge in [0.2, 0.25) is 5.91 Å². The summed E-state index contributed by atoms with van der Waals surface area (Å²) < 4.78 is 6.02. The minimum Gasteiger partial charge on any atom is -0.494 e. The summed E-state index contributed by atoms with van der Waals surface area (Å²) in [4.78, 5) is 33.4. The average molecular weight is 548 g/mol. The van der Waals surface area contributed by atoms with Crippen LogP contribution in [0.5, 0.6) is 5.75 Å². The molecule has 0 spiro atoms. The molecule has 0 aromatic heterocycles. The van der Waals surface area contributed by atoms with E-state index in [4.69, 9.17) is 27.9 Å². The van der Waals surface area contributed by atoms with Gasteiger partial charge in [-0.05, 0) is 63.4 Å². The van der Waals surface area contributed by atoms with E-state index in [1.807, 2.05) is 50.2 Å². The minimum absolute atomic E-state index is 0.153. The predicted octanol–water partition coefficient (Wildman–Crippen LogP) is 5.72. The van der Waals surface area contributed by atoms with Crippen molar-refractivity contribution in [3.05, 3.63) is 52.0 Å². The van der Waals surface area contributed by atoms with Gasteiger partial charge in [-0.2, -0.15) is 0 Å². The first kappa shape index (κ1) is 27.6. The molecule has 2 aromatic carbocycles. The van der Waals surface area contributed by atoms with Crippen molar-refractivity contribution in [2.45, 2.75) is 39.5 Å². The lowest BCUT2D eigenvalue weighted by Crippen LogP contribution is -2.48. The summed E-state index contributed by atoms with van der Waals surface area (Å²) in [6, 6.07) is 11.3. The monoisotopic (exact) mass is 546 g/mol. The van der Waals surface area contributed by atoms with Crippen LogP contribution in [-0.2, 0) is 11.2 Å². The average Bonchev–Trinajstić information content (AvgIpc) is 2.91. The van der Waals surface area contributed by atoms with Crippen molar-refractivity contribution in [2.24, 2.45) is 0 Å². The number of nitrogens with zero attached hydrogens (tertiary/aromatic N) is 4. The number of anilines is 2. The highest BCUT2D eigenvalue weighted by Crippen LogP contribution is 2.34. The third kappa shape index (κ3) is 6.51. The lowest BCUT2D eigenvalue weighted by Gasteiger charge is -2.36. The lowest BCUT2D eigenvalue weighted by molar-refractivity contribution is -0.118. The number of urea groups is 1. The first-order valence-electron chi connectivity index (χ1n) is 13.2. The molecule has 0 bridgehead atoms. The van der Waals surface area contributed by atoms with Crippen molar-refractivity contribution in [1.29, 1.82) is 0 Å². The summed E-state index contributed by atoms with van der Waals surface area (Å²) in [6.07, 6.45) is 2.96. The fourth-order valence-corrected chi connectivity index (χ4v) is 5.38. The smallest absolute Gasteiger partial charge is 0.331 e. The quantitative estimate of drug-likeness (QED) is 0.376. The molecule has 0 radical (unpaired) electrons. The lowest BCUT2D eigenvalue weighted by atomic mass is 10.0. The molecule has 2 heterocycles. The molecule has 0 unspecified atom stereocenters. The number of hydrogen-bond donors (Lipinski definition) is 0. The third-order valence-electron chi connectivity index (χ3n) is 7.16. The predicted molar refractivity (Wildman–Crippen MR) is 150 cm³/mol. The molecule has 0 saturated carbocycles. The Balaban J connectivity index is 1.24. The molecule has 2 aromatic rings. The van der Waals surface area contributed by atoms with Gasteiger partial charge in [-0.25, -0.2) is 9.69 Å². The molecule has 3 amide bonds. The minimum atomic E-state index is -0.258. The second kappa shape index (κ2) is 12.9. The number of unbranched alkanes of at least 4 members (excludes halogenated alkanes) is 1. The number of hydrogen-bond acceptors (Lipinski definition) is 5. The highest BCUT2D eigenvalue weighted by Gasteiger charge is 2.32. The van der Waals surface area contributed by atoms with Crippen molar-refractivity contribution in [3.63, 3.8) is 0 Å². The summed E-state index contributed by atoms with van der Waals surface area (Å²) >= 11 is 12.6. The number of fused-ring (bicyclic) bond motifs is 1. The van der Waals surface area contributed by atoms with Gasteiger partial charge in [-0.1, -0.05) is 35.3 Å². The highest BCUT2D eigenvalue weighted by atomic mass is 35.5. The molecule has 1 fully saturated rings. The Labute approximate surface area is 229 Å². The summed E-state index contributed by atoms with van der Waals surface area (Å²) in [5, 5.41) is 1.22. The van der Waals surface area contributed by atoms with Gasteiger partial charge >= 0.3 is 6.03 Å². The maximum absolute atomic E-state index is 13.0. The number of piperazine rings is 1. The molecule has 4 rings (SSSR count). The Bertz CT molecular complexity index is 1100. The summed E-state index contributed by atoms with van der Waals surface area (Å²) in [6.45, 7) is 10.4. The zero-order chi connectivity index (χ0) is 26.4. The van der Waals surface area contributed by atoms with Gasteiger partial charge in [-0.15, -0.1) is 0 Å². The standard InChI is InChI=1S/C28H36Cl2N4O3/c1-3-32(4-2)28(36)34-25-20-22(12-10-21(25)11-13-26(34)35)37-19-6-5-14-31-15-17-33(18-16-31)24-9-7-8-23(29)27(24)30/h7-10,12,20H,3-6,11,13-19H2,1-2H3. The van der Waals surface area contributed by atoms with E-state index in [2.05, 4.69) is 9.80 Å². The Morgan fingerprint density at radius 1 is 0.973 bits per heavy atom. The van der Waals surface area contributed by atoms with Gasteiger partial charge in [0.1, 0.15) is 5.75 Å². The number of ether oxygens (including phenoxy) is 1. The maximum atomic E-state index is 13.0. The number of carbonyl (C=O) groups excluding carboxylic acids is 2. The van der Waals surface area contributed by atoms with Crippen LogP contribution in [0.3, 0.4) is 0 Å². The molecule has 0 atom stereocenters. The van der Waals surface area contributed by atoms with Gasteiger partial charge < -0.3 is 14.5 Å². The first-order valence-corrected chi connectivity index (χ1v) is 14.0. The van der Waals surface area contributed by atoms with E-state index in [0.29, 0.717) is 54.0 Å². The van der Waals surface area contributed by atoms with Gasteiger partial charge in [0.25, 0.3) is 0 Å². The van der Waals surface area contributed by atoms with E-state index in [9.17, 15) is 9.59 Å². The van der Waals surface area contributed by atoms with Crippen LogP contribution in [0.1, 0.15) is 38.7 Å². The molecule has 200 valence electrons. The van der Waals surface area contributed by atoms with Crippen LogP contribution in [-0.4, -0.2) is 74.2 Å². The van der Waals surface area contributed by atoms with Crippen molar-refractivity contribution in [3.8, 4) is 5.75 Å². The van der Waals surface area contributed by atoms with Gasteiger partial charge in [0, 0.05) is 51.8 Å². The number of benzene rings is 2. The van der Waals surface area contributed by atoms with Crippen LogP contribution in [0.4, 0.5) is 16.2 Å². The molecular weight excluding hydrogens is 511 g/mol. The van der Waals surface area contributed by atoms with E-state index < -0.39 is 0 Å². The molecule has 7 nitrogen and oxygen atoms in total. The van der Waals surface area contributed by atoms with Gasteiger partial charge in [0.15, 0.2) is 0 Å². The Hall–Kier alpha value is -2.48. The highest BCUT2D eigenvalue weighted by molar-refractivity contribution is 6.43. The zero-order valence-electron chi connectivity index (χ0n) is 21.7. The van der Waals surface area contributed by atoms with Crippen LogP contribution in [0.2, 0.25) is 10.0 Å². The van der Waals surface area contributed by atoms with E-state index in [1.165, 1.54) is 4.90 Å². The van der Waals surface area contributed by atoms with Crippen LogP contribution in [0.25, 0.3) is 0 Å². The van der Waals surface area contributed by atoms with E-state index in [0.717, 1.165) is 56.8 Å². The molecule has 9 heteroatoms. The SMILES string of the molecule is CCN(CC)C(=O)N1C(=O)CCc2ccc(OCCCCN3CCN(c4cccc(Cl)c4Cl)CC3)cc21. The number of imide groups is 1. The number of amides is 3. The topological polar surface area (TPSA) is 56.3 Å². The van der Waals surface area contributed by atoms with Crippen molar-refractivity contribution < 1.29 is 14.3 Å². The van der Waals surface area contributed by atoms with Crippen LogP contribution in [0.15, 0.2) is 36.4 Å². The van der Waals surface area contributed by atoms with Gasteiger partial charge in [-0.3, -0.25) is 9.69 Å². The van der Waals surface area contributed by atoms with E-state index in [1.54, 1.807) is 4.90 Å². The number of rotatable bonds is 9. The second-order valence-corrected chi connectivity index (χ2v) is 10.2. The molecule has 0 aliphatic carbocycles. The second-order valence-electron chi connectivity index (χ2n) is 9.43. The summed E-state index contributed by atoms with van der Waals surface area (Å²) in [7, 11) is 0. The summed E-state index contributed by atoms with van der Waals surface area (Å²) in [5.41, 5.74) is 2.67. The maximum Gasteiger partial charge on any atom is 0.331 e. The van der Waals surface area contributed by atoms with Crippen LogP contribution < -0.4 is 14.5 Å². The fraction of sp³-hybridized carbons (Fsp3) is 0.500. The largest absolute Gasteiger partial charge is 0.494 e. The van der Waals surface area contributed by atoms with Crippen LogP contribution >= 0.6 is 23.2 Å². The molecule has 37 heavy (non-hydrogen) atoms. The Kier molecular flexibility index (Phi) is 9.57. The van der Waals surface area contributed by atoms with Gasteiger partial charge in [0.05, 0.1) is 28.0 Å². The van der Waals surface area contributed by atoms with Crippen molar-refractivity contribution in [1.82, 2.24) is 9.80 Å². The number of carbonyl (C=O) groups is 2. The number of aryl methyl sites for hydroxylation is 1. The zero-order valence-corrected chi connectivity index (χ0v) is 23.2. The fourth-order valence-electron chi connectivity index (χ4n) is 4.96. The summed E-state index contributed by atoms with van der Waals surface area (Å²) in [5.74, 6) is 0.539. The number of halogens is 2. The molecule has 2 aliphatic heterocycles. The van der Waals surface area contributed by atoms with Crippen molar-refractivity contribution in [2.75, 3.05) is 62.2 Å². The molecular formula is C28H36Cl2N4O3. The van der Waals surface area contributed by atoms with Crippen molar-refractivity contribution >= 4 is 46.5 Å². The van der Waals surface area contributed by atoms with E-state index in [-0.39, 0.29) is 11.9 Å². The van der Waals surface area contributed by atoms with E-state index >= 15 is 0 Å². The van der Waals surface area contributed by atoms with Crippen LogP contribution in [0, 0.1) is 0 Å². The molecule has 2 aliphatic rings. The first-order chi connectivity index (χ1) is 17.9. The molecule has 1 saturated heterocycles. The Morgan fingerprint density at radius 2 is 1.73 bits per heavy atom. The molecule has 0 N–H and O–H groups in total.